The van der Waals surface area contributed by atoms with Crippen molar-refractivity contribution >= 4 is 29.1 Å². The number of hydrogen-bond donors (Lipinski definition) is 1. The maximum Gasteiger partial charge on any atom is 0.274 e. The zero-order chi connectivity index (χ0) is 17.8. The Morgan fingerprint density at radius 2 is 2.20 bits per heavy atom. The fraction of sp³-hybridized carbons (Fsp3) is 0.421. The second-order valence-corrected chi connectivity index (χ2v) is 6.77. The summed E-state index contributed by atoms with van der Waals surface area (Å²) in [4.78, 5) is 23.7. The first-order valence-corrected chi connectivity index (χ1v) is 9.14. The van der Waals surface area contributed by atoms with E-state index in [9.17, 15) is 4.79 Å². The van der Waals surface area contributed by atoms with Gasteiger partial charge in [0.1, 0.15) is 5.69 Å². The second kappa shape index (κ2) is 7.83. The van der Waals surface area contributed by atoms with Crippen molar-refractivity contribution in [3.63, 3.8) is 0 Å². The van der Waals surface area contributed by atoms with Crippen LogP contribution in [0.3, 0.4) is 0 Å². The predicted molar refractivity (Wildman–Crippen MR) is 101 cm³/mol. The Kier molecular flexibility index (Phi) is 5.53. The van der Waals surface area contributed by atoms with E-state index in [0.29, 0.717) is 28.4 Å². The quantitative estimate of drug-likeness (QED) is 0.876. The number of nitrogens with one attached hydrogen (secondary N) is 1. The average Bonchev–Trinajstić information content (AvgIpc) is 2.65. The average molecular weight is 359 g/mol. The van der Waals surface area contributed by atoms with Crippen LogP contribution in [0.2, 0.25) is 5.02 Å². The van der Waals surface area contributed by atoms with Gasteiger partial charge in [-0.1, -0.05) is 24.6 Å². The summed E-state index contributed by atoms with van der Waals surface area (Å²) in [6, 6.07) is 7.54. The van der Waals surface area contributed by atoms with Crippen molar-refractivity contribution in [1.29, 1.82) is 0 Å². The van der Waals surface area contributed by atoms with Crippen molar-refractivity contribution in [1.82, 2.24) is 9.97 Å². The van der Waals surface area contributed by atoms with Crippen molar-refractivity contribution in [3.05, 3.63) is 46.7 Å². The Morgan fingerprint density at radius 1 is 1.36 bits per heavy atom. The van der Waals surface area contributed by atoms with Crippen LogP contribution in [0.25, 0.3) is 0 Å². The first kappa shape index (κ1) is 17.7. The lowest BCUT2D eigenvalue weighted by atomic mass is 10.0. The number of amides is 1. The SMILES string of the molecule is CCC1CCCCN1c1nccc(C(=O)Nc2cccc(Cl)c2C)n1. The van der Waals surface area contributed by atoms with E-state index >= 15 is 0 Å². The van der Waals surface area contributed by atoms with Crippen molar-refractivity contribution in [2.24, 2.45) is 0 Å². The smallest absolute Gasteiger partial charge is 0.274 e. The van der Waals surface area contributed by atoms with E-state index in [2.05, 4.69) is 27.1 Å². The molecular weight excluding hydrogens is 336 g/mol. The third-order valence-electron chi connectivity index (χ3n) is 4.75. The van der Waals surface area contributed by atoms with Gasteiger partial charge in [0.05, 0.1) is 0 Å². The predicted octanol–water partition coefficient (Wildman–Crippen LogP) is 4.46. The van der Waals surface area contributed by atoms with Gasteiger partial charge in [-0.05, 0) is 56.4 Å². The number of hydrogen-bond acceptors (Lipinski definition) is 4. The topological polar surface area (TPSA) is 58.1 Å². The number of carbonyl (C=O) groups excluding carboxylic acids is 1. The number of nitrogens with zero attached hydrogens (tertiary/aromatic N) is 3. The molecule has 132 valence electrons. The molecule has 6 heteroatoms. The lowest BCUT2D eigenvalue weighted by molar-refractivity contribution is 0.102. The summed E-state index contributed by atoms with van der Waals surface area (Å²) in [5.74, 6) is 0.390. The highest BCUT2D eigenvalue weighted by atomic mass is 35.5. The summed E-state index contributed by atoms with van der Waals surface area (Å²) in [6.07, 6.45) is 6.24. The number of piperidine rings is 1. The molecule has 1 aromatic heterocycles. The van der Waals surface area contributed by atoms with Crippen LogP contribution in [0.1, 0.15) is 48.7 Å². The van der Waals surface area contributed by atoms with Crippen LogP contribution in [0.4, 0.5) is 11.6 Å². The van der Waals surface area contributed by atoms with Crippen molar-refractivity contribution in [3.8, 4) is 0 Å². The van der Waals surface area contributed by atoms with E-state index in [4.69, 9.17) is 11.6 Å². The second-order valence-electron chi connectivity index (χ2n) is 6.36. The Bertz CT molecular complexity index is 765. The molecule has 0 saturated carbocycles. The lowest BCUT2D eigenvalue weighted by Gasteiger charge is -2.35. The summed E-state index contributed by atoms with van der Waals surface area (Å²) >= 11 is 6.12. The van der Waals surface area contributed by atoms with Gasteiger partial charge >= 0.3 is 0 Å². The van der Waals surface area contributed by atoms with Gasteiger partial charge in [-0.3, -0.25) is 4.79 Å². The molecule has 25 heavy (non-hydrogen) atoms. The number of aromatic nitrogens is 2. The molecule has 1 unspecified atom stereocenters. The Balaban J connectivity index is 1.81. The third-order valence-corrected chi connectivity index (χ3v) is 5.16. The van der Waals surface area contributed by atoms with Gasteiger partial charge in [0.2, 0.25) is 5.95 Å². The number of rotatable bonds is 4. The molecular formula is C19H23ClN4O. The molecule has 1 aliphatic heterocycles. The number of anilines is 2. The van der Waals surface area contributed by atoms with E-state index < -0.39 is 0 Å². The van der Waals surface area contributed by atoms with E-state index in [1.54, 1.807) is 18.3 Å². The van der Waals surface area contributed by atoms with Crippen LogP contribution < -0.4 is 10.2 Å². The minimum absolute atomic E-state index is 0.251. The summed E-state index contributed by atoms with van der Waals surface area (Å²) < 4.78 is 0. The number of benzene rings is 1. The van der Waals surface area contributed by atoms with E-state index in [-0.39, 0.29) is 5.91 Å². The Hall–Kier alpha value is -2.14. The van der Waals surface area contributed by atoms with Gasteiger partial charge in [0, 0.05) is 29.5 Å². The summed E-state index contributed by atoms with van der Waals surface area (Å²) in [6.45, 7) is 5.00. The maximum atomic E-state index is 12.6. The van der Waals surface area contributed by atoms with Gasteiger partial charge < -0.3 is 10.2 Å². The zero-order valence-corrected chi connectivity index (χ0v) is 15.4. The minimum atomic E-state index is -0.251. The molecule has 0 aliphatic carbocycles. The highest BCUT2D eigenvalue weighted by Crippen LogP contribution is 2.25. The molecule has 1 N–H and O–H groups in total. The minimum Gasteiger partial charge on any atom is -0.338 e. The fourth-order valence-corrected chi connectivity index (χ4v) is 3.41. The van der Waals surface area contributed by atoms with Crippen LogP contribution in [0, 0.1) is 6.92 Å². The Morgan fingerprint density at radius 3 is 3.00 bits per heavy atom. The Labute approximate surface area is 153 Å². The molecule has 2 heterocycles. The zero-order valence-electron chi connectivity index (χ0n) is 14.6. The normalized spacial score (nSPS) is 17.4. The van der Waals surface area contributed by atoms with Crippen LogP contribution >= 0.6 is 11.6 Å². The van der Waals surface area contributed by atoms with Crippen LogP contribution in [-0.4, -0.2) is 28.5 Å². The number of carbonyl (C=O) groups is 1. The molecule has 1 amide bonds. The van der Waals surface area contributed by atoms with Gasteiger partial charge in [-0.15, -0.1) is 0 Å². The van der Waals surface area contributed by atoms with Gasteiger partial charge in [-0.2, -0.15) is 0 Å². The molecule has 3 rings (SSSR count). The molecule has 0 bridgehead atoms. The lowest BCUT2D eigenvalue weighted by Crippen LogP contribution is -2.40. The molecule has 5 nitrogen and oxygen atoms in total. The van der Waals surface area contributed by atoms with Crippen LogP contribution in [0.5, 0.6) is 0 Å². The van der Waals surface area contributed by atoms with Crippen molar-refractivity contribution in [2.75, 3.05) is 16.8 Å². The molecule has 1 aromatic carbocycles. The molecule has 1 saturated heterocycles. The summed E-state index contributed by atoms with van der Waals surface area (Å²) in [5, 5.41) is 3.52. The van der Waals surface area contributed by atoms with Gasteiger partial charge in [-0.25, -0.2) is 9.97 Å². The maximum absolute atomic E-state index is 12.6. The standard InChI is InChI=1S/C19H23ClN4O/c1-3-14-7-4-5-12-24(14)19-21-11-10-17(23-19)18(25)22-16-9-6-8-15(20)13(16)2/h6,8-11,14H,3-5,7,12H2,1-2H3,(H,22,25). The number of halogens is 1. The molecule has 0 spiro atoms. The molecule has 1 aliphatic rings. The fourth-order valence-electron chi connectivity index (χ4n) is 3.23. The molecule has 2 aromatic rings. The van der Waals surface area contributed by atoms with Gasteiger partial charge in [0.25, 0.3) is 5.91 Å². The molecule has 0 radical (unpaired) electrons. The van der Waals surface area contributed by atoms with Crippen LogP contribution in [0.15, 0.2) is 30.5 Å². The molecule has 1 atom stereocenters. The van der Waals surface area contributed by atoms with Gasteiger partial charge in [0.15, 0.2) is 0 Å². The van der Waals surface area contributed by atoms with Crippen LogP contribution in [-0.2, 0) is 0 Å². The monoisotopic (exact) mass is 358 g/mol. The van der Waals surface area contributed by atoms with Crippen molar-refractivity contribution in [2.45, 2.75) is 45.6 Å². The first-order valence-electron chi connectivity index (χ1n) is 8.76. The third kappa shape index (κ3) is 3.93. The van der Waals surface area contributed by atoms with E-state index in [1.807, 2.05) is 19.1 Å². The summed E-state index contributed by atoms with van der Waals surface area (Å²) in [7, 11) is 0. The highest BCUT2D eigenvalue weighted by molar-refractivity contribution is 6.31. The largest absolute Gasteiger partial charge is 0.338 e. The highest BCUT2D eigenvalue weighted by Gasteiger charge is 2.24. The van der Waals surface area contributed by atoms with E-state index in [0.717, 1.165) is 31.4 Å². The molecule has 1 fully saturated rings. The van der Waals surface area contributed by atoms with E-state index in [1.165, 1.54) is 6.42 Å². The first-order chi connectivity index (χ1) is 12.1. The van der Waals surface area contributed by atoms with Crippen molar-refractivity contribution < 1.29 is 4.79 Å². The summed E-state index contributed by atoms with van der Waals surface area (Å²) in [5.41, 5.74) is 1.90.